The van der Waals surface area contributed by atoms with E-state index in [1.807, 2.05) is 48.5 Å². The van der Waals surface area contributed by atoms with Gasteiger partial charge in [0.15, 0.2) is 24.6 Å². The minimum absolute atomic E-state index is 0.0159. The monoisotopic (exact) mass is 1130 g/mol. The number of ether oxygens (including phenoxy) is 9. The molecular weight excluding hydrogens is 1070 g/mol. The number of alkyl carbamates (subject to hydrolysis) is 1. The number of carbonyl (C=O) groups excluding carboxylic acids is 5. The Labute approximate surface area is 478 Å². The number of carbonyl (C=O) groups is 6. The van der Waals surface area contributed by atoms with Gasteiger partial charge < -0.3 is 53.1 Å². The summed E-state index contributed by atoms with van der Waals surface area (Å²) in [7, 11) is 0. The molecule has 1 aliphatic heterocycles. The van der Waals surface area contributed by atoms with Crippen molar-refractivity contribution in [2.75, 3.05) is 46.2 Å². The second-order valence-electron chi connectivity index (χ2n) is 19.3. The van der Waals surface area contributed by atoms with Gasteiger partial charge in [0.05, 0.1) is 67.5 Å². The molecule has 3 unspecified atom stereocenters. The molecule has 1 amide bonds. The lowest BCUT2D eigenvalue weighted by molar-refractivity contribution is -0.300. The van der Waals surface area contributed by atoms with Gasteiger partial charge in [0.25, 0.3) is 0 Å². The van der Waals surface area contributed by atoms with E-state index in [0.717, 1.165) is 27.9 Å². The molecule has 7 aromatic rings. The van der Waals surface area contributed by atoms with Crippen molar-refractivity contribution in [3.63, 3.8) is 0 Å². The highest BCUT2D eigenvalue weighted by Gasteiger charge is 2.54. The Morgan fingerprint density at radius 2 is 1.08 bits per heavy atom. The second-order valence-corrected chi connectivity index (χ2v) is 19.3. The number of rotatable bonds is 26. The standard InChI is InChI=1S/C63H62N4O16/c68-52(69)32-14-5-19-33-64-63(74)80-50-40-46-28-15-16-29-47(46)53-54(49-31-18-17-30-48(49)50)67(66-65-53)34-35-75-36-37-76-38-39-77-62-57(83-61(73)45-26-12-4-13-27-45)56(82-60(72)44-24-10-3-11-25-44)55(81-59(71)43-22-8-2-9-23-43)51(79-62)41-78-58(70)42-20-6-1-7-21-42/h1-4,6-13,15-18,20-31,50-51,55-57,62H,5,14,19,32-41H2,(H,64,74)(H,68,69)/t50?,51?,55-,56?,57-,62+/m1/s1. The van der Waals surface area contributed by atoms with E-state index >= 15 is 0 Å². The number of aromatic nitrogens is 3. The van der Waals surface area contributed by atoms with E-state index in [1.165, 1.54) is 36.4 Å². The number of carboxylic acids is 1. The number of hydrogen-bond donors (Lipinski definition) is 2. The molecule has 1 fully saturated rings. The number of amides is 1. The molecule has 1 aliphatic carbocycles. The smallest absolute Gasteiger partial charge is 0.407 e. The van der Waals surface area contributed by atoms with Gasteiger partial charge in [-0.3, -0.25) is 4.79 Å². The number of esters is 4. The first-order valence-corrected chi connectivity index (χ1v) is 27.3. The number of nitrogens with zero attached hydrogens (tertiary/aromatic N) is 3. The quantitative estimate of drug-likeness (QED) is 0.0292. The molecule has 0 saturated carbocycles. The molecule has 20 heteroatoms. The Morgan fingerprint density at radius 3 is 1.71 bits per heavy atom. The van der Waals surface area contributed by atoms with Crippen LogP contribution in [-0.2, 0) is 60.4 Å². The summed E-state index contributed by atoms with van der Waals surface area (Å²) < 4.78 is 56.7. The van der Waals surface area contributed by atoms with E-state index in [4.69, 9.17) is 47.7 Å². The molecule has 430 valence electrons. The van der Waals surface area contributed by atoms with E-state index in [1.54, 1.807) is 89.6 Å². The molecule has 1 aromatic heterocycles. The van der Waals surface area contributed by atoms with Crippen molar-refractivity contribution < 1.29 is 76.5 Å². The lowest BCUT2D eigenvalue weighted by Crippen LogP contribution is -2.63. The van der Waals surface area contributed by atoms with Crippen LogP contribution in [0, 0.1) is 0 Å². The van der Waals surface area contributed by atoms with Crippen molar-refractivity contribution in [1.82, 2.24) is 20.3 Å². The molecule has 1 saturated heterocycles. The van der Waals surface area contributed by atoms with Crippen molar-refractivity contribution in [2.24, 2.45) is 0 Å². The van der Waals surface area contributed by atoms with Crippen molar-refractivity contribution in [3.8, 4) is 22.5 Å². The minimum Gasteiger partial charge on any atom is -0.481 e. The predicted octanol–water partition coefficient (Wildman–Crippen LogP) is 8.89. The molecule has 20 nitrogen and oxygen atoms in total. The maximum Gasteiger partial charge on any atom is 0.407 e. The van der Waals surface area contributed by atoms with Crippen LogP contribution in [0.1, 0.15) is 84.3 Å². The molecule has 0 spiro atoms. The molecule has 2 heterocycles. The molecule has 0 bridgehead atoms. The molecule has 6 aromatic carbocycles. The molecule has 6 atom stereocenters. The molecule has 0 radical (unpaired) electrons. The summed E-state index contributed by atoms with van der Waals surface area (Å²) in [5, 5.41) is 21.0. The number of fused-ring (bicyclic) bond motifs is 5. The summed E-state index contributed by atoms with van der Waals surface area (Å²) >= 11 is 0. The summed E-state index contributed by atoms with van der Waals surface area (Å²) in [6, 6.07) is 47.9. The van der Waals surface area contributed by atoms with Gasteiger partial charge in [0.1, 0.15) is 24.5 Å². The van der Waals surface area contributed by atoms with Gasteiger partial charge in [-0.15, -0.1) is 5.10 Å². The maximum absolute atomic E-state index is 14.0. The fourth-order valence-corrected chi connectivity index (χ4v) is 9.55. The van der Waals surface area contributed by atoms with Crippen LogP contribution < -0.4 is 5.32 Å². The highest BCUT2D eigenvalue weighted by atomic mass is 16.7. The van der Waals surface area contributed by atoms with Gasteiger partial charge in [-0.25, -0.2) is 28.7 Å². The third kappa shape index (κ3) is 15.9. The molecule has 9 rings (SSSR count). The van der Waals surface area contributed by atoms with Gasteiger partial charge in [0.2, 0.25) is 0 Å². The minimum atomic E-state index is -1.59. The summed E-state index contributed by atoms with van der Waals surface area (Å²) in [4.78, 5) is 79.3. The normalized spacial score (nSPS) is 17.9. The van der Waals surface area contributed by atoms with Crippen molar-refractivity contribution >= 4 is 35.9 Å². The topological polar surface area (TPSA) is 248 Å². The van der Waals surface area contributed by atoms with Crippen LogP contribution in [-0.4, -0.2) is 133 Å². The SMILES string of the molecule is O=C(O)CCCCCNC(=O)OC1Cc2ccccc2-c2nnn(CCOCCOCCO[C@H]3OC(COC(=O)c4ccccc4)[C@@H](OC(=O)c4ccccc4)C(OC(=O)c4ccccc4)[C@H]3OC(=O)c3ccccc3)c2-c2ccccc21. The molecule has 2 aliphatic rings. The lowest BCUT2D eigenvalue weighted by Gasteiger charge is -2.44. The highest BCUT2D eigenvalue weighted by Crippen LogP contribution is 2.42. The Hall–Kier alpha value is -9.08. The third-order valence-electron chi connectivity index (χ3n) is 13.6. The zero-order valence-corrected chi connectivity index (χ0v) is 45.2. The van der Waals surface area contributed by atoms with E-state index in [0.29, 0.717) is 44.5 Å². The number of hydrogen-bond acceptors (Lipinski definition) is 17. The number of nitrogens with one attached hydrogen (secondary N) is 1. The third-order valence-corrected chi connectivity index (χ3v) is 13.6. The van der Waals surface area contributed by atoms with Gasteiger partial charge in [-0.1, -0.05) is 133 Å². The number of aliphatic carboxylic acids is 1. The van der Waals surface area contributed by atoms with Crippen molar-refractivity contribution in [1.29, 1.82) is 0 Å². The Morgan fingerprint density at radius 1 is 0.554 bits per heavy atom. The van der Waals surface area contributed by atoms with E-state index in [-0.39, 0.29) is 61.7 Å². The fraction of sp³-hybridized carbons (Fsp3) is 0.302. The van der Waals surface area contributed by atoms with Gasteiger partial charge >= 0.3 is 35.9 Å². The van der Waals surface area contributed by atoms with E-state index < -0.39 is 79.4 Å². The first-order chi connectivity index (χ1) is 40.6. The van der Waals surface area contributed by atoms with Crippen LogP contribution >= 0.6 is 0 Å². The first kappa shape index (κ1) is 58.6. The Kier molecular flexibility index (Phi) is 20.9. The predicted molar refractivity (Wildman–Crippen MR) is 298 cm³/mol. The largest absolute Gasteiger partial charge is 0.481 e. The van der Waals surface area contributed by atoms with Crippen LogP contribution in [0.3, 0.4) is 0 Å². The first-order valence-electron chi connectivity index (χ1n) is 27.3. The molecule has 83 heavy (non-hydrogen) atoms. The van der Waals surface area contributed by atoms with Gasteiger partial charge in [0, 0.05) is 36.1 Å². The van der Waals surface area contributed by atoms with Gasteiger partial charge in [-0.05, 0) is 66.9 Å². The molecular formula is C63H62N4O16. The van der Waals surface area contributed by atoms with Crippen LogP contribution in [0.2, 0.25) is 0 Å². The zero-order valence-electron chi connectivity index (χ0n) is 45.2. The summed E-state index contributed by atoms with van der Waals surface area (Å²) in [6.45, 7) is 0.476. The van der Waals surface area contributed by atoms with Crippen LogP contribution in [0.5, 0.6) is 0 Å². The summed E-state index contributed by atoms with van der Waals surface area (Å²) in [6.07, 6.45) is -6.51. The van der Waals surface area contributed by atoms with Crippen LogP contribution in [0.25, 0.3) is 22.5 Å². The Bertz CT molecular complexity index is 3270. The number of benzene rings is 6. The maximum atomic E-state index is 14.0. The zero-order chi connectivity index (χ0) is 57.8. The Balaban J connectivity index is 0.865. The average molecular weight is 1130 g/mol. The highest BCUT2D eigenvalue weighted by molar-refractivity contribution is 5.92. The van der Waals surface area contributed by atoms with E-state index in [9.17, 15) is 28.8 Å². The van der Waals surface area contributed by atoms with E-state index in [2.05, 4.69) is 15.6 Å². The summed E-state index contributed by atoms with van der Waals surface area (Å²) in [5.41, 5.74) is 5.43. The van der Waals surface area contributed by atoms with Crippen molar-refractivity contribution in [3.05, 3.63) is 203 Å². The number of carboxylic acid groups (broad SMARTS) is 1. The van der Waals surface area contributed by atoms with Crippen LogP contribution in [0.4, 0.5) is 4.79 Å². The van der Waals surface area contributed by atoms with Crippen LogP contribution in [0.15, 0.2) is 170 Å². The number of unbranched alkanes of at least 4 members (excludes halogenated alkanes) is 2. The fourth-order valence-electron chi connectivity index (χ4n) is 9.55. The molecule has 2 N–H and O–H groups in total. The van der Waals surface area contributed by atoms with Gasteiger partial charge in [-0.2, -0.15) is 0 Å². The average Bonchev–Trinajstić information content (AvgIpc) is 3.79. The van der Waals surface area contributed by atoms with Crippen molar-refractivity contribution in [2.45, 2.75) is 75.5 Å². The summed E-state index contributed by atoms with van der Waals surface area (Å²) in [5.74, 6) is -4.05. The lowest BCUT2D eigenvalue weighted by atomic mass is 9.87. The second kappa shape index (κ2) is 29.6.